The number of carbonyl (C=O) groups is 1. The Kier molecular flexibility index (Phi) is 5.45. The van der Waals surface area contributed by atoms with E-state index in [4.69, 9.17) is 9.41 Å². The smallest absolute Gasteiger partial charge is 0.266 e. The summed E-state index contributed by atoms with van der Waals surface area (Å²) >= 11 is 1.41. The third-order valence-electron chi connectivity index (χ3n) is 5.51. The maximum Gasteiger partial charge on any atom is 0.266 e. The Hall–Kier alpha value is -3.51. The number of hydrogen-bond acceptors (Lipinski definition) is 4. The van der Waals surface area contributed by atoms with Crippen LogP contribution in [0.2, 0.25) is 0 Å². The zero-order chi connectivity index (χ0) is 22.1. The van der Waals surface area contributed by atoms with Gasteiger partial charge in [0.1, 0.15) is 11.5 Å². The van der Waals surface area contributed by atoms with Gasteiger partial charge in [-0.05, 0) is 67.9 Å². The number of rotatable bonds is 5. The maximum atomic E-state index is 13.4. The molecule has 3 heterocycles. The van der Waals surface area contributed by atoms with E-state index in [0.717, 1.165) is 34.7 Å². The number of aliphatic imine (C=N–C) groups is 1. The number of amidine groups is 1. The van der Waals surface area contributed by atoms with Crippen LogP contribution in [0.15, 0.2) is 81.2 Å². The number of aromatic nitrogens is 1. The number of nitrogens with one attached hydrogen (secondary N) is 1. The minimum absolute atomic E-state index is 0.0252. The normalized spacial score (nSPS) is 16.7. The summed E-state index contributed by atoms with van der Waals surface area (Å²) in [4.78, 5) is 23.9. The van der Waals surface area contributed by atoms with Crippen molar-refractivity contribution in [2.75, 3.05) is 6.54 Å². The molecule has 5 rings (SSSR count). The molecule has 1 aliphatic heterocycles. The number of aromatic amines is 1. The minimum Gasteiger partial charge on any atom is -0.466 e. The number of aryl methyl sites for hydroxylation is 2. The Bertz CT molecular complexity index is 1350. The topological polar surface area (TPSA) is 61.6 Å². The van der Waals surface area contributed by atoms with Crippen LogP contribution in [0.25, 0.3) is 17.0 Å². The molecule has 2 aromatic heterocycles. The Morgan fingerprint density at radius 3 is 2.66 bits per heavy atom. The fourth-order valence-corrected chi connectivity index (χ4v) is 4.92. The fourth-order valence-electron chi connectivity index (χ4n) is 3.91. The second kappa shape index (κ2) is 8.55. The van der Waals surface area contributed by atoms with Crippen LogP contribution in [0.5, 0.6) is 0 Å². The average Bonchev–Trinajstić information content (AvgIpc) is 3.44. The van der Waals surface area contributed by atoms with Crippen molar-refractivity contribution in [2.45, 2.75) is 20.3 Å². The first-order valence-corrected chi connectivity index (χ1v) is 11.4. The van der Waals surface area contributed by atoms with Crippen LogP contribution in [0.1, 0.15) is 22.6 Å². The molecule has 0 bridgehead atoms. The van der Waals surface area contributed by atoms with E-state index >= 15 is 0 Å². The molecule has 0 aliphatic carbocycles. The van der Waals surface area contributed by atoms with Gasteiger partial charge in [0.15, 0.2) is 5.17 Å². The number of hydrogen-bond donors (Lipinski definition) is 1. The first-order chi connectivity index (χ1) is 15.6. The lowest BCUT2D eigenvalue weighted by molar-refractivity contribution is -0.122. The van der Waals surface area contributed by atoms with Crippen molar-refractivity contribution in [3.63, 3.8) is 0 Å². The van der Waals surface area contributed by atoms with Crippen LogP contribution in [0.4, 0.5) is 5.69 Å². The van der Waals surface area contributed by atoms with Crippen molar-refractivity contribution in [1.82, 2.24) is 9.88 Å². The van der Waals surface area contributed by atoms with Crippen molar-refractivity contribution in [3.8, 4) is 0 Å². The molecule has 1 saturated heterocycles. The number of amides is 1. The van der Waals surface area contributed by atoms with E-state index in [1.807, 2.05) is 74.7 Å². The summed E-state index contributed by atoms with van der Waals surface area (Å²) in [6, 6.07) is 19.9. The molecule has 4 aromatic rings. The predicted molar refractivity (Wildman–Crippen MR) is 131 cm³/mol. The van der Waals surface area contributed by atoms with Gasteiger partial charge in [0.25, 0.3) is 5.91 Å². The molecule has 0 unspecified atom stereocenters. The van der Waals surface area contributed by atoms with E-state index in [-0.39, 0.29) is 5.91 Å². The third kappa shape index (κ3) is 4.01. The Balaban J connectivity index is 1.46. The second-order valence-corrected chi connectivity index (χ2v) is 8.78. The lowest BCUT2D eigenvalue weighted by Gasteiger charge is -2.15. The van der Waals surface area contributed by atoms with Gasteiger partial charge in [-0.2, -0.15) is 0 Å². The van der Waals surface area contributed by atoms with Gasteiger partial charge in [-0.3, -0.25) is 9.69 Å². The van der Waals surface area contributed by atoms with E-state index in [1.54, 1.807) is 4.90 Å². The molecule has 1 N–H and O–H groups in total. The molecule has 0 saturated carbocycles. The summed E-state index contributed by atoms with van der Waals surface area (Å²) in [7, 11) is 0. The Morgan fingerprint density at radius 2 is 1.88 bits per heavy atom. The van der Waals surface area contributed by atoms with Crippen molar-refractivity contribution < 1.29 is 9.21 Å². The van der Waals surface area contributed by atoms with Crippen molar-refractivity contribution in [2.24, 2.45) is 4.99 Å². The van der Waals surface area contributed by atoms with Gasteiger partial charge in [-0.25, -0.2) is 4.99 Å². The van der Waals surface area contributed by atoms with Crippen LogP contribution >= 0.6 is 11.8 Å². The molecule has 160 valence electrons. The average molecular weight is 442 g/mol. The predicted octanol–water partition coefficient (Wildman–Crippen LogP) is 6.22. The number of nitrogens with zero attached hydrogens (tertiary/aromatic N) is 2. The lowest BCUT2D eigenvalue weighted by atomic mass is 10.1. The molecule has 0 spiro atoms. The molecule has 6 heteroatoms. The highest BCUT2D eigenvalue weighted by Crippen LogP contribution is 2.35. The van der Waals surface area contributed by atoms with Crippen LogP contribution in [0.3, 0.4) is 0 Å². The van der Waals surface area contributed by atoms with Gasteiger partial charge in [0, 0.05) is 29.2 Å². The molecule has 1 fully saturated rings. The zero-order valence-electron chi connectivity index (χ0n) is 18.0. The quantitative estimate of drug-likeness (QED) is 0.374. The minimum atomic E-state index is -0.0252. The summed E-state index contributed by atoms with van der Waals surface area (Å²) < 4.78 is 5.63. The number of H-pyrrole nitrogens is 1. The van der Waals surface area contributed by atoms with Crippen molar-refractivity contribution >= 4 is 45.5 Å². The number of para-hydroxylation sites is 2. The summed E-state index contributed by atoms with van der Waals surface area (Å²) in [5.74, 6) is 1.61. The number of thioether (sulfide) groups is 1. The third-order valence-corrected chi connectivity index (χ3v) is 6.52. The zero-order valence-corrected chi connectivity index (χ0v) is 18.8. The van der Waals surface area contributed by atoms with E-state index in [0.29, 0.717) is 16.6 Å². The highest BCUT2D eigenvalue weighted by atomic mass is 32.2. The van der Waals surface area contributed by atoms with Crippen LogP contribution in [-0.4, -0.2) is 27.5 Å². The highest BCUT2D eigenvalue weighted by molar-refractivity contribution is 8.18. The van der Waals surface area contributed by atoms with Crippen LogP contribution in [0, 0.1) is 13.8 Å². The molecule has 0 radical (unpaired) electrons. The largest absolute Gasteiger partial charge is 0.466 e. The first kappa shape index (κ1) is 20.4. The Morgan fingerprint density at radius 1 is 1.09 bits per heavy atom. The van der Waals surface area contributed by atoms with E-state index < -0.39 is 0 Å². The van der Waals surface area contributed by atoms with Crippen LogP contribution < -0.4 is 0 Å². The molecule has 0 atom stereocenters. The lowest BCUT2D eigenvalue weighted by Crippen LogP contribution is -2.31. The summed E-state index contributed by atoms with van der Waals surface area (Å²) in [6.07, 6.45) is 4.67. The van der Waals surface area contributed by atoms with E-state index in [1.165, 1.54) is 22.7 Å². The molecular formula is C26H23N3O2S. The number of benzene rings is 2. The molecule has 32 heavy (non-hydrogen) atoms. The monoisotopic (exact) mass is 441 g/mol. The van der Waals surface area contributed by atoms with Gasteiger partial charge < -0.3 is 9.40 Å². The molecule has 1 aliphatic rings. The molecule has 2 aromatic carbocycles. The number of furan rings is 1. The summed E-state index contributed by atoms with van der Waals surface area (Å²) in [6.45, 7) is 4.38. The second-order valence-electron chi connectivity index (χ2n) is 7.78. The van der Waals surface area contributed by atoms with E-state index in [9.17, 15) is 4.79 Å². The van der Waals surface area contributed by atoms with E-state index in [2.05, 4.69) is 17.1 Å². The number of fused-ring (bicyclic) bond motifs is 1. The highest BCUT2D eigenvalue weighted by Gasteiger charge is 2.33. The van der Waals surface area contributed by atoms with Gasteiger partial charge in [-0.1, -0.05) is 36.4 Å². The van der Waals surface area contributed by atoms with Gasteiger partial charge in [0.2, 0.25) is 0 Å². The SMILES string of the molecule is Cc1cc(C=C2SC(=Nc3ccccc3)N(CCc3c[nH]c4ccccc34)C2=O)c(C)o1. The summed E-state index contributed by atoms with van der Waals surface area (Å²) in [5.41, 5.74) is 4.05. The molecular weight excluding hydrogens is 418 g/mol. The molecule has 5 nitrogen and oxygen atoms in total. The van der Waals surface area contributed by atoms with Crippen molar-refractivity contribution in [3.05, 3.63) is 94.4 Å². The number of carbonyl (C=O) groups excluding carboxylic acids is 1. The van der Waals surface area contributed by atoms with Crippen molar-refractivity contribution in [1.29, 1.82) is 0 Å². The summed E-state index contributed by atoms with van der Waals surface area (Å²) in [5, 5.41) is 1.89. The molecule has 1 amide bonds. The Labute approximate surface area is 190 Å². The maximum absolute atomic E-state index is 13.4. The van der Waals surface area contributed by atoms with Gasteiger partial charge in [0.05, 0.1) is 10.6 Å². The van der Waals surface area contributed by atoms with Gasteiger partial charge in [-0.15, -0.1) is 0 Å². The fraction of sp³-hybridized carbons (Fsp3) is 0.154. The van der Waals surface area contributed by atoms with Gasteiger partial charge >= 0.3 is 0 Å². The van der Waals surface area contributed by atoms with Crippen LogP contribution in [-0.2, 0) is 11.2 Å². The standard InChI is InChI=1S/C26H23N3O2S/c1-17-14-20(18(2)31-17)15-24-25(30)29(26(32-24)28-21-8-4-3-5-9-21)13-12-19-16-27-23-11-7-6-10-22(19)23/h3-11,14-16,27H,12-13H2,1-2H3. The first-order valence-electron chi connectivity index (χ1n) is 10.6.